The van der Waals surface area contributed by atoms with Crippen molar-refractivity contribution in [3.8, 4) is 5.75 Å². The molecule has 92 valence electrons. The van der Waals surface area contributed by atoms with E-state index in [9.17, 15) is 4.79 Å². The molecular formula is C13H18N2O2. The van der Waals surface area contributed by atoms with Crippen LogP contribution < -0.4 is 10.1 Å². The standard InChI is InChI=1S/C13H18N2O2/c1-9(16)11-6-12(8-14-7-11)17-10(2)13-4-3-5-15-13/h6-8,10,13,15H,3-5H2,1-2H3/t10?,13-/m0/s1. The first-order chi connectivity index (χ1) is 8.16. The van der Waals surface area contributed by atoms with Crippen molar-refractivity contribution in [2.75, 3.05) is 6.54 Å². The number of Topliss-reactive ketones (excluding diaryl/α,β-unsaturated/α-hetero) is 1. The molecule has 0 bridgehead atoms. The molecule has 1 aromatic heterocycles. The van der Waals surface area contributed by atoms with Crippen molar-refractivity contribution in [1.82, 2.24) is 10.3 Å². The largest absolute Gasteiger partial charge is 0.487 e. The van der Waals surface area contributed by atoms with Gasteiger partial charge in [-0.15, -0.1) is 0 Å². The highest BCUT2D eigenvalue weighted by Gasteiger charge is 2.22. The topological polar surface area (TPSA) is 51.2 Å². The lowest BCUT2D eigenvalue weighted by Gasteiger charge is -2.21. The Labute approximate surface area is 101 Å². The van der Waals surface area contributed by atoms with Gasteiger partial charge in [-0.2, -0.15) is 0 Å². The van der Waals surface area contributed by atoms with Crippen LogP contribution in [0.15, 0.2) is 18.5 Å². The van der Waals surface area contributed by atoms with E-state index in [1.165, 1.54) is 13.3 Å². The van der Waals surface area contributed by atoms with Crippen molar-refractivity contribution in [2.45, 2.75) is 38.8 Å². The first-order valence-corrected chi connectivity index (χ1v) is 6.03. The molecule has 0 aromatic carbocycles. The van der Waals surface area contributed by atoms with Gasteiger partial charge in [-0.3, -0.25) is 9.78 Å². The minimum atomic E-state index is 0.00888. The zero-order chi connectivity index (χ0) is 12.3. The Morgan fingerprint density at radius 1 is 1.59 bits per heavy atom. The second-order valence-corrected chi connectivity index (χ2v) is 4.49. The Morgan fingerprint density at radius 2 is 2.41 bits per heavy atom. The second kappa shape index (κ2) is 5.27. The van der Waals surface area contributed by atoms with Gasteiger partial charge in [0, 0.05) is 17.8 Å². The lowest BCUT2D eigenvalue weighted by Crippen LogP contribution is -2.36. The minimum absolute atomic E-state index is 0.00888. The van der Waals surface area contributed by atoms with Gasteiger partial charge in [0.05, 0.1) is 6.20 Å². The SMILES string of the molecule is CC(=O)c1cncc(OC(C)[C@@H]2CCCN2)c1. The van der Waals surface area contributed by atoms with Gasteiger partial charge < -0.3 is 10.1 Å². The zero-order valence-corrected chi connectivity index (χ0v) is 10.3. The predicted octanol–water partition coefficient (Wildman–Crippen LogP) is 1.80. The van der Waals surface area contributed by atoms with Crippen molar-refractivity contribution in [3.63, 3.8) is 0 Å². The number of carbonyl (C=O) groups excluding carboxylic acids is 1. The van der Waals surface area contributed by atoms with Crippen molar-refractivity contribution in [1.29, 1.82) is 0 Å². The Bertz CT molecular complexity index is 400. The van der Waals surface area contributed by atoms with E-state index in [-0.39, 0.29) is 11.9 Å². The molecule has 0 radical (unpaired) electrons. The monoisotopic (exact) mass is 234 g/mol. The van der Waals surface area contributed by atoms with E-state index in [1.54, 1.807) is 18.5 Å². The van der Waals surface area contributed by atoms with Crippen LogP contribution in [0.4, 0.5) is 0 Å². The van der Waals surface area contributed by atoms with E-state index in [0.717, 1.165) is 13.0 Å². The summed E-state index contributed by atoms with van der Waals surface area (Å²) in [5.41, 5.74) is 0.592. The van der Waals surface area contributed by atoms with Gasteiger partial charge >= 0.3 is 0 Å². The third kappa shape index (κ3) is 3.03. The molecule has 17 heavy (non-hydrogen) atoms. The molecule has 1 unspecified atom stereocenters. The van der Waals surface area contributed by atoms with Crippen LogP contribution in [0.5, 0.6) is 5.75 Å². The lowest BCUT2D eigenvalue weighted by molar-refractivity contribution is 0.101. The number of rotatable bonds is 4. The van der Waals surface area contributed by atoms with Gasteiger partial charge in [-0.1, -0.05) is 0 Å². The van der Waals surface area contributed by atoms with Gasteiger partial charge in [0.1, 0.15) is 11.9 Å². The summed E-state index contributed by atoms with van der Waals surface area (Å²) in [4.78, 5) is 15.3. The summed E-state index contributed by atoms with van der Waals surface area (Å²) >= 11 is 0. The summed E-state index contributed by atoms with van der Waals surface area (Å²) in [5, 5.41) is 3.40. The molecule has 1 aliphatic rings. The van der Waals surface area contributed by atoms with Gasteiger partial charge in [0.15, 0.2) is 5.78 Å². The van der Waals surface area contributed by atoms with Crippen molar-refractivity contribution in [3.05, 3.63) is 24.0 Å². The number of ketones is 1. The first-order valence-electron chi connectivity index (χ1n) is 6.03. The summed E-state index contributed by atoms with van der Waals surface area (Å²) in [6, 6.07) is 2.15. The summed E-state index contributed by atoms with van der Waals surface area (Å²) in [6.45, 7) is 4.64. The summed E-state index contributed by atoms with van der Waals surface area (Å²) < 4.78 is 5.81. The summed E-state index contributed by atoms with van der Waals surface area (Å²) in [5.74, 6) is 0.675. The average Bonchev–Trinajstić information content (AvgIpc) is 2.82. The Hall–Kier alpha value is -1.42. The van der Waals surface area contributed by atoms with Crippen LogP contribution in [-0.2, 0) is 0 Å². The molecule has 1 fully saturated rings. The molecule has 1 aliphatic heterocycles. The lowest BCUT2D eigenvalue weighted by atomic mass is 10.1. The molecule has 4 nitrogen and oxygen atoms in total. The highest BCUT2D eigenvalue weighted by atomic mass is 16.5. The first kappa shape index (κ1) is 12.0. The Kier molecular flexibility index (Phi) is 3.74. The van der Waals surface area contributed by atoms with Gasteiger partial charge in [0.25, 0.3) is 0 Å². The Morgan fingerprint density at radius 3 is 3.06 bits per heavy atom. The number of nitrogens with zero attached hydrogens (tertiary/aromatic N) is 1. The average molecular weight is 234 g/mol. The number of ether oxygens (including phenoxy) is 1. The third-order valence-electron chi connectivity index (χ3n) is 3.11. The summed E-state index contributed by atoms with van der Waals surface area (Å²) in [6.07, 6.45) is 5.65. The smallest absolute Gasteiger partial charge is 0.161 e. The molecule has 0 aliphatic carbocycles. The van der Waals surface area contributed by atoms with E-state index in [0.29, 0.717) is 17.4 Å². The molecule has 0 saturated carbocycles. The number of carbonyl (C=O) groups is 1. The van der Waals surface area contributed by atoms with Crippen LogP contribution in [0.25, 0.3) is 0 Å². The van der Waals surface area contributed by atoms with Gasteiger partial charge in [-0.25, -0.2) is 0 Å². The maximum absolute atomic E-state index is 11.2. The van der Waals surface area contributed by atoms with Crippen LogP contribution in [0.1, 0.15) is 37.0 Å². The van der Waals surface area contributed by atoms with E-state index >= 15 is 0 Å². The number of pyridine rings is 1. The van der Waals surface area contributed by atoms with Crippen molar-refractivity contribution >= 4 is 5.78 Å². The van der Waals surface area contributed by atoms with E-state index in [1.807, 2.05) is 6.92 Å². The quantitative estimate of drug-likeness (QED) is 0.807. The fourth-order valence-corrected chi connectivity index (χ4v) is 2.08. The molecule has 1 N–H and O–H groups in total. The number of hydrogen-bond acceptors (Lipinski definition) is 4. The van der Waals surface area contributed by atoms with Crippen LogP contribution >= 0.6 is 0 Å². The number of nitrogens with one attached hydrogen (secondary N) is 1. The van der Waals surface area contributed by atoms with E-state index in [2.05, 4.69) is 10.3 Å². The van der Waals surface area contributed by atoms with Crippen LogP contribution in [0.3, 0.4) is 0 Å². The molecule has 2 atom stereocenters. The Balaban J connectivity index is 2.02. The van der Waals surface area contributed by atoms with Crippen LogP contribution in [-0.4, -0.2) is 29.5 Å². The minimum Gasteiger partial charge on any atom is -0.487 e. The fourth-order valence-electron chi connectivity index (χ4n) is 2.08. The molecular weight excluding hydrogens is 216 g/mol. The maximum Gasteiger partial charge on any atom is 0.161 e. The molecule has 1 aromatic rings. The van der Waals surface area contributed by atoms with Gasteiger partial charge in [-0.05, 0) is 39.3 Å². The highest BCUT2D eigenvalue weighted by Crippen LogP contribution is 2.17. The van der Waals surface area contributed by atoms with Crippen molar-refractivity contribution < 1.29 is 9.53 Å². The number of hydrogen-bond donors (Lipinski definition) is 1. The predicted molar refractivity (Wildman–Crippen MR) is 65.4 cm³/mol. The molecule has 2 heterocycles. The molecule has 1 saturated heterocycles. The molecule has 0 spiro atoms. The van der Waals surface area contributed by atoms with E-state index < -0.39 is 0 Å². The second-order valence-electron chi connectivity index (χ2n) is 4.49. The normalized spacial score (nSPS) is 21.2. The summed E-state index contributed by atoms with van der Waals surface area (Å²) in [7, 11) is 0. The third-order valence-corrected chi connectivity index (χ3v) is 3.11. The van der Waals surface area contributed by atoms with E-state index in [4.69, 9.17) is 4.74 Å². The van der Waals surface area contributed by atoms with Gasteiger partial charge in [0.2, 0.25) is 0 Å². The highest BCUT2D eigenvalue weighted by molar-refractivity contribution is 5.94. The van der Waals surface area contributed by atoms with Crippen LogP contribution in [0.2, 0.25) is 0 Å². The van der Waals surface area contributed by atoms with Crippen molar-refractivity contribution in [2.24, 2.45) is 0 Å². The molecule has 2 rings (SSSR count). The molecule has 0 amide bonds. The number of aromatic nitrogens is 1. The molecule has 4 heteroatoms. The maximum atomic E-state index is 11.2. The van der Waals surface area contributed by atoms with Crippen LogP contribution in [0, 0.1) is 0 Å². The zero-order valence-electron chi connectivity index (χ0n) is 10.3. The fraction of sp³-hybridized carbons (Fsp3) is 0.538.